The molecule has 1 unspecified atom stereocenters. The number of hydrogen-bond donors (Lipinski definition) is 1. The molecule has 2 atom stereocenters. The lowest BCUT2D eigenvalue weighted by Gasteiger charge is -2.32. The Morgan fingerprint density at radius 2 is 1.63 bits per heavy atom. The molecule has 2 N–H and O–H groups in total. The zero-order valence-electron chi connectivity index (χ0n) is 16.9. The van der Waals surface area contributed by atoms with Gasteiger partial charge >= 0.3 is 12.1 Å². The van der Waals surface area contributed by atoms with Crippen molar-refractivity contribution in [3.05, 3.63) is 35.4 Å². The van der Waals surface area contributed by atoms with Crippen molar-refractivity contribution in [1.29, 1.82) is 0 Å². The molecule has 150 valence electrons. The third-order valence-corrected chi connectivity index (χ3v) is 4.14. The second kappa shape index (κ2) is 10.1. The van der Waals surface area contributed by atoms with E-state index < -0.39 is 36.2 Å². The van der Waals surface area contributed by atoms with E-state index in [0.717, 1.165) is 10.5 Å². The highest BCUT2D eigenvalue weighted by Crippen LogP contribution is 2.28. The highest BCUT2D eigenvalue weighted by molar-refractivity contribution is 5.96. The van der Waals surface area contributed by atoms with Gasteiger partial charge in [-0.15, -0.1) is 0 Å². The van der Waals surface area contributed by atoms with Gasteiger partial charge < -0.3 is 15.2 Å². The molecule has 0 saturated heterocycles. The number of ether oxygens (including phenoxy) is 2. The maximum absolute atomic E-state index is 13.0. The second-order valence-corrected chi connectivity index (χ2v) is 7.12. The molecular formula is C20H30N2O5. The van der Waals surface area contributed by atoms with Crippen LogP contribution in [0.4, 0.5) is 4.79 Å². The third kappa shape index (κ3) is 6.36. The fourth-order valence-electron chi connectivity index (χ4n) is 2.46. The first-order chi connectivity index (χ1) is 12.6. The highest BCUT2D eigenvalue weighted by atomic mass is 16.6. The van der Waals surface area contributed by atoms with Gasteiger partial charge in [-0.05, 0) is 32.3 Å². The third-order valence-electron chi connectivity index (χ3n) is 4.14. The lowest BCUT2D eigenvalue weighted by atomic mass is 9.98. The van der Waals surface area contributed by atoms with E-state index in [9.17, 15) is 14.4 Å². The predicted molar refractivity (Wildman–Crippen MR) is 102 cm³/mol. The van der Waals surface area contributed by atoms with Crippen molar-refractivity contribution < 1.29 is 23.9 Å². The van der Waals surface area contributed by atoms with Crippen LogP contribution in [-0.2, 0) is 19.1 Å². The van der Waals surface area contributed by atoms with Crippen molar-refractivity contribution in [3.63, 3.8) is 0 Å². The summed E-state index contributed by atoms with van der Waals surface area (Å²) >= 11 is 0. The van der Waals surface area contributed by atoms with Gasteiger partial charge in [0.15, 0.2) is 0 Å². The number of hydrogen-bond acceptors (Lipinski definition) is 6. The monoisotopic (exact) mass is 378 g/mol. The van der Waals surface area contributed by atoms with Gasteiger partial charge in [0.1, 0.15) is 0 Å². The molecule has 1 rings (SSSR count). The molecule has 7 nitrogen and oxygen atoms in total. The maximum atomic E-state index is 13.0. The van der Waals surface area contributed by atoms with Crippen LogP contribution in [0.1, 0.15) is 51.3 Å². The van der Waals surface area contributed by atoms with Crippen molar-refractivity contribution in [1.82, 2.24) is 4.90 Å². The topological polar surface area (TPSA) is 98.9 Å². The van der Waals surface area contributed by atoms with Crippen LogP contribution in [0, 0.1) is 12.8 Å². The molecule has 0 bridgehead atoms. The van der Waals surface area contributed by atoms with E-state index in [-0.39, 0.29) is 12.3 Å². The quantitative estimate of drug-likeness (QED) is 0.733. The average molecular weight is 378 g/mol. The Balaban J connectivity index is 3.41. The first-order valence-electron chi connectivity index (χ1n) is 9.01. The Labute approximate surface area is 160 Å². The largest absolute Gasteiger partial charge is 0.469 e. The van der Waals surface area contributed by atoms with Crippen LogP contribution in [0.15, 0.2) is 24.3 Å². The fraction of sp³-hybridized carbons (Fsp3) is 0.550. The zero-order valence-corrected chi connectivity index (χ0v) is 16.9. The minimum Gasteiger partial charge on any atom is -0.469 e. The zero-order chi connectivity index (χ0) is 20.7. The molecule has 2 amide bonds. The van der Waals surface area contributed by atoms with E-state index in [0.29, 0.717) is 5.56 Å². The minimum absolute atomic E-state index is 0.191. The van der Waals surface area contributed by atoms with Crippen LogP contribution in [0.25, 0.3) is 0 Å². The number of rotatable bonds is 7. The summed E-state index contributed by atoms with van der Waals surface area (Å²) in [6.45, 7) is 8.86. The number of benzene rings is 1. The standard InChI is InChI=1S/C20H30N2O5/c1-12(2)18(21)19(24)22(20(25)27-13(3)4)16(11-17(23)26-6)15-9-7-14(5)8-10-15/h7-10,12-13,16,18H,11,21H2,1-6H3/t16?,18-/m0/s1. The van der Waals surface area contributed by atoms with Crippen molar-refractivity contribution >= 4 is 18.0 Å². The summed E-state index contributed by atoms with van der Waals surface area (Å²) in [6, 6.07) is 5.45. The Morgan fingerprint density at radius 3 is 2.07 bits per heavy atom. The number of amides is 2. The number of imide groups is 1. The number of aryl methyl sites for hydroxylation is 1. The fourth-order valence-corrected chi connectivity index (χ4v) is 2.46. The molecule has 0 aliphatic carbocycles. The molecule has 1 aromatic rings. The Hall–Kier alpha value is -2.41. The number of methoxy groups -OCH3 is 1. The molecule has 0 fully saturated rings. The van der Waals surface area contributed by atoms with Crippen LogP contribution in [-0.4, -0.2) is 42.1 Å². The van der Waals surface area contributed by atoms with Crippen molar-refractivity contribution in [3.8, 4) is 0 Å². The van der Waals surface area contributed by atoms with Gasteiger partial charge in [-0.25, -0.2) is 9.69 Å². The maximum Gasteiger partial charge on any atom is 0.417 e. The van der Waals surface area contributed by atoms with E-state index in [4.69, 9.17) is 15.2 Å². The molecule has 27 heavy (non-hydrogen) atoms. The Kier molecular flexibility index (Phi) is 8.43. The number of nitrogens with zero attached hydrogens (tertiary/aromatic N) is 1. The normalized spacial score (nSPS) is 13.2. The van der Waals surface area contributed by atoms with Crippen molar-refractivity contribution in [2.75, 3.05) is 7.11 Å². The molecular weight excluding hydrogens is 348 g/mol. The lowest BCUT2D eigenvalue weighted by Crippen LogP contribution is -2.51. The summed E-state index contributed by atoms with van der Waals surface area (Å²) in [4.78, 5) is 38.7. The second-order valence-electron chi connectivity index (χ2n) is 7.12. The van der Waals surface area contributed by atoms with Crippen LogP contribution in [0.3, 0.4) is 0 Å². The van der Waals surface area contributed by atoms with E-state index >= 15 is 0 Å². The summed E-state index contributed by atoms with van der Waals surface area (Å²) in [5.74, 6) is -1.33. The van der Waals surface area contributed by atoms with Gasteiger partial charge in [0, 0.05) is 0 Å². The summed E-state index contributed by atoms with van der Waals surface area (Å²) in [5.41, 5.74) is 7.65. The van der Waals surface area contributed by atoms with Gasteiger partial charge in [-0.1, -0.05) is 43.7 Å². The first kappa shape index (κ1) is 22.6. The SMILES string of the molecule is COC(=O)CC(c1ccc(C)cc1)N(C(=O)OC(C)C)C(=O)[C@@H](N)C(C)C. The molecule has 0 aliphatic heterocycles. The Bertz CT molecular complexity index is 655. The summed E-state index contributed by atoms with van der Waals surface area (Å²) in [6.07, 6.45) is -1.45. The molecule has 0 heterocycles. The molecule has 0 aliphatic rings. The average Bonchev–Trinajstić information content (AvgIpc) is 2.60. The number of esters is 1. The van der Waals surface area contributed by atoms with Gasteiger partial charge in [0.25, 0.3) is 0 Å². The van der Waals surface area contributed by atoms with Gasteiger partial charge in [-0.2, -0.15) is 0 Å². The van der Waals surface area contributed by atoms with Gasteiger partial charge in [0.2, 0.25) is 5.91 Å². The number of carbonyl (C=O) groups is 3. The smallest absolute Gasteiger partial charge is 0.417 e. The number of carbonyl (C=O) groups excluding carboxylic acids is 3. The molecule has 0 radical (unpaired) electrons. The van der Waals surface area contributed by atoms with Crippen LogP contribution < -0.4 is 5.73 Å². The van der Waals surface area contributed by atoms with Gasteiger partial charge in [-0.3, -0.25) is 9.59 Å². The molecule has 7 heteroatoms. The van der Waals surface area contributed by atoms with Crippen LogP contribution in [0.5, 0.6) is 0 Å². The van der Waals surface area contributed by atoms with Crippen molar-refractivity contribution in [2.24, 2.45) is 11.7 Å². The molecule has 0 aromatic heterocycles. The van der Waals surface area contributed by atoms with Crippen LogP contribution in [0.2, 0.25) is 0 Å². The number of nitrogens with two attached hydrogens (primary N) is 1. The molecule has 0 spiro atoms. The summed E-state index contributed by atoms with van der Waals surface area (Å²) in [7, 11) is 1.26. The van der Waals surface area contributed by atoms with E-state index in [2.05, 4.69) is 0 Å². The van der Waals surface area contributed by atoms with Crippen molar-refractivity contribution in [2.45, 2.75) is 59.2 Å². The Morgan fingerprint density at radius 1 is 1.07 bits per heavy atom. The van der Waals surface area contributed by atoms with E-state index in [1.807, 2.05) is 19.1 Å². The lowest BCUT2D eigenvalue weighted by molar-refractivity contribution is -0.143. The summed E-state index contributed by atoms with van der Waals surface area (Å²) in [5, 5.41) is 0. The summed E-state index contributed by atoms with van der Waals surface area (Å²) < 4.78 is 10.0. The van der Waals surface area contributed by atoms with Crippen LogP contribution >= 0.6 is 0 Å². The molecule has 1 aromatic carbocycles. The van der Waals surface area contributed by atoms with E-state index in [1.54, 1.807) is 39.8 Å². The van der Waals surface area contributed by atoms with Gasteiger partial charge in [0.05, 0.1) is 31.7 Å². The minimum atomic E-state index is -0.907. The highest BCUT2D eigenvalue weighted by Gasteiger charge is 2.37. The van der Waals surface area contributed by atoms with E-state index in [1.165, 1.54) is 7.11 Å². The molecule has 0 saturated carbocycles. The predicted octanol–water partition coefficient (Wildman–Crippen LogP) is 2.96. The first-order valence-corrected chi connectivity index (χ1v) is 9.01.